The van der Waals surface area contributed by atoms with Crippen molar-refractivity contribution in [3.63, 3.8) is 0 Å². The van der Waals surface area contributed by atoms with Crippen LogP contribution < -0.4 is 0 Å². The summed E-state index contributed by atoms with van der Waals surface area (Å²) in [5.74, 6) is -0.527. The molecule has 0 radical (unpaired) electrons. The van der Waals surface area contributed by atoms with E-state index in [1.165, 1.54) is 5.57 Å². The van der Waals surface area contributed by atoms with Crippen molar-refractivity contribution in [3.8, 4) is 0 Å². The molecule has 6 heteroatoms. The largest absolute Gasteiger partial charge is 0.479 e. The monoisotopic (exact) mass is 349 g/mol. The first-order chi connectivity index (χ1) is 11.3. The molecule has 1 aromatic rings. The smallest absolute Gasteiger partial charge is 0.335 e. The number of aliphatic carboxylic acids is 1. The summed E-state index contributed by atoms with van der Waals surface area (Å²) in [5, 5.41) is 19.1. The van der Waals surface area contributed by atoms with Crippen LogP contribution in [0.4, 0.5) is 0 Å². The molecule has 0 atom stereocenters. The van der Waals surface area contributed by atoms with Gasteiger partial charge in [-0.3, -0.25) is 4.79 Å². The van der Waals surface area contributed by atoms with Crippen LogP contribution in [0.2, 0.25) is 0 Å². The van der Waals surface area contributed by atoms with Gasteiger partial charge in [-0.15, -0.1) is 11.8 Å². The number of nitrogens with zero attached hydrogens (tertiary/aromatic N) is 1. The van der Waals surface area contributed by atoms with Crippen LogP contribution in [0, 0.1) is 0 Å². The Labute approximate surface area is 146 Å². The van der Waals surface area contributed by atoms with Crippen molar-refractivity contribution in [2.75, 3.05) is 18.8 Å². The van der Waals surface area contributed by atoms with Crippen molar-refractivity contribution in [3.05, 3.63) is 41.5 Å². The first-order valence-corrected chi connectivity index (χ1v) is 8.92. The van der Waals surface area contributed by atoms with Crippen molar-refractivity contribution in [1.29, 1.82) is 0 Å². The molecule has 1 amide bonds. The number of thioether (sulfide) groups is 1. The molecule has 0 saturated carbocycles. The lowest BCUT2D eigenvalue weighted by atomic mass is 9.91. The van der Waals surface area contributed by atoms with Crippen LogP contribution in [0.15, 0.2) is 40.8 Å². The fourth-order valence-electron chi connectivity index (χ4n) is 2.53. The standard InChI is InChI=1S/C18H23NO4S/c1-13(2)7-12-24-15-6-4-3-5-14(15)16(20)19-10-8-18(23,9-11-19)17(21)22/h3-7,23H,8-12H2,1-2H3,(H,21,22). The van der Waals surface area contributed by atoms with E-state index >= 15 is 0 Å². The maximum Gasteiger partial charge on any atom is 0.335 e. The molecule has 0 unspecified atom stereocenters. The number of carboxylic acids is 1. The van der Waals surface area contributed by atoms with Gasteiger partial charge in [0.25, 0.3) is 5.91 Å². The Kier molecular flexibility index (Phi) is 6.07. The van der Waals surface area contributed by atoms with Crippen LogP contribution >= 0.6 is 11.8 Å². The van der Waals surface area contributed by atoms with Crippen molar-refractivity contribution < 1.29 is 19.8 Å². The summed E-state index contributed by atoms with van der Waals surface area (Å²) in [5.41, 5.74) is 0.148. The zero-order valence-corrected chi connectivity index (χ0v) is 14.8. The molecule has 1 fully saturated rings. The summed E-state index contributed by atoms with van der Waals surface area (Å²) in [6.07, 6.45) is 2.22. The Morgan fingerprint density at radius 2 is 1.88 bits per heavy atom. The second-order valence-corrected chi connectivity index (χ2v) is 7.28. The minimum absolute atomic E-state index is 0.0567. The molecule has 1 saturated heterocycles. The van der Waals surface area contributed by atoms with E-state index in [-0.39, 0.29) is 31.8 Å². The van der Waals surface area contributed by atoms with Gasteiger partial charge in [-0.25, -0.2) is 4.79 Å². The highest BCUT2D eigenvalue weighted by molar-refractivity contribution is 7.99. The number of carbonyl (C=O) groups excluding carboxylic acids is 1. The molecule has 1 aromatic carbocycles. The predicted octanol–water partition coefficient (Wildman–Crippen LogP) is 2.80. The molecule has 1 heterocycles. The highest BCUT2D eigenvalue weighted by Gasteiger charge is 2.40. The van der Waals surface area contributed by atoms with Crippen LogP contribution in [0.25, 0.3) is 0 Å². The van der Waals surface area contributed by atoms with Gasteiger partial charge in [-0.2, -0.15) is 0 Å². The minimum Gasteiger partial charge on any atom is -0.479 e. The molecule has 2 rings (SSSR count). The van der Waals surface area contributed by atoms with Crippen LogP contribution in [0.5, 0.6) is 0 Å². The fourth-order valence-corrected chi connectivity index (χ4v) is 3.61. The third kappa shape index (κ3) is 4.39. The van der Waals surface area contributed by atoms with Crippen molar-refractivity contribution >= 4 is 23.6 Å². The molecular formula is C18H23NO4S. The van der Waals surface area contributed by atoms with Gasteiger partial charge in [0, 0.05) is 36.6 Å². The third-order valence-electron chi connectivity index (χ3n) is 4.12. The number of likely N-dealkylation sites (tertiary alicyclic amines) is 1. The molecule has 24 heavy (non-hydrogen) atoms. The average Bonchev–Trinajstić information content (AvgIpc) is 2.55. The van der Waals surface area contributed by atoms with Gasteiger partial charge in [-0.1, -0.05) is 23.8 Å². The number of allylic oxidation sites excluding steroid dienone is 1. The maximum atomic E-state index is 12.8. The van der Waals surface area contributed by atoms with Crippen LogP contribution in [0.3, 0.4) is 0 Å². The zero-order chi connectivity index (χ0) is 17.7. The van der Waals surface area contributed by atoms with Gasteiger partial charge >= 0.3 is 5.97 Å². The summed E-state index contributed by atoms with van der Waals surface area (Å²) in [6, 6.07) is 7.45. The lowest BCUT2D eigenvalue weighted by molar-refractivity contribution is -0.162. The number of aliphatic hydroxyl groups is 1. The average molecular weight is 349 g/mol. The summed E-state index contributed by atoms with van der Waals surface area (Å²) in [4.78, 5) is 26.4. The van der Waals surface area contributed by atoms with Crippen LogP contribution in [-0.2, 0) is 4.79 Å². The molecule has 130 valence electrons. The topological polar surface area (TPSA) is 77.8 Å². The summed E-state index contributed by atoms with van der Waals surface area (Å²) in [7, 11) is 0. The molecule has 5 nitrogen and oxygen atoms in total. The number of piperidine rings is 1. The molecular weight excluding hydrogens is 326 g/mol. The third-order valence-corrected chi connectivity index (χ3v) is 5.12. The highest BCUT2D eigenvalue weighted by atomic mass is 32.2. The Hall–Kier alpha value is -1.79. The van der Waals surface area contributed by atoms with E-state index in [0.29, 0.717) is 5.56 Å². The number of carbonyl (C=O) groups is 2. The van der Waals surface area contributed by atoms with Crippen LogP contribution in [0.1, 0.15) is 37.0 Å². The summed E-state index contributed by atoms with van der Waals surface area (Å²) < 4.78 is 0. The summed E-state index contributed by atoms with van der Waals surface area (Å²) in [6.45, 7) is 4.56. The first kappa shape index (κ1) is 18.5. The highest BCUT2D eigenvalue weighted by Crippen LogP contribution is 2.27. The van der Waals surface area contributed by atoms with Crippen molar-refractivity contribution in [2.45, 2.75) is 37.2 Å². The van der Waals surface area contributed by atoms with Gasteiger partial charge in [0.2, 0.25) is 0 Å². The summed E-state index contributed by atoms with van der Waals surface area (Å²) >= 11 is 1.61. The molecule has 0 aromatic heterocycles. The SMILES string of the molecule is CC(C)=CCSc1ccccc1C(=O)N1CCC(O)(C(=O)O)CC1. The molecule has 1 aliphatic rings. The van der Waals surface area contributed by atoms with Gasteiger partial charge in [0.1, 0.15) is 0 Å². The van der Waals surface area contributed by atoms with Gasteiger partial charge in [0.05, 0.1) is 5.56 Å². The molecule has 0 aliphatic carbocycles. The van der Waals surface area contributed by atoms with E-state index in [1.807, 2.05) is 32.0 Å². The molecule has 0 bridgehead atoms. The Balaban J connectivity index is 2.08. The number of hydrogen-bond donors (Lipinski definition) is 2. The van der Waals surface area contributed by atoms with Gasteiger partial charge in [0.15, 0.2) is 5.60 Å². The fraction of sp³-hybridized carbons (Fsp3) is 0.444. The molecule has 2 N–H and O–H groups in total. The second-order valence-electron chi connectivity index (χ2n) is 6.22. The number of amides is 1. The number of rotatable bonds is 5. The number of carboxylic acid groups (broad SMARTS) is 1. The lowest BCUT2D eigenvalue weighted by Gasteiger charge is -2.35. The number of hydrogen-bond acceptors (Lipinski definition) is 4. The Morgan fingerprint density at radius 1 is 1.25 bits per heavy atom. The van der Waals surface area contributed by atoms with E-state index in [4.69, 9.17) is 5.11 Å². The van der Waals surface area contributed by atoms with E-state index in [2.05, 4.69) is 6.08 Å². The zero-order valence-electron chi connectivity index (χ0n) is 14.0. The van der Waals surface area contributed by atoms with E-state index in [0.717, 1.165) is 10.6 Å². The number of benzene rings is 1. The normalized spacial score (nSPS) is 16.5. The van der Waals surface area contributed by atoms with E-state index in [9.17, 15) is 14.7 Å². The Morgan fingerprint density at radius 3 is 2.46 bits per heavy atom. The van der Waals surface area contributed by atoms with Crippen molar-refractivity contribution in [2.24, 2.45) is 0 Å². The van der Waals surface area contributed by atoms with E-state index in [1.54, 1.807) is 22.7 Å². The van der Waals surface area contributed by atoms with Gasteiger partial charge < -0.3 is 15.1 Å². The van der Waals surface area contributed by atoms with E-state index < -0.39 is 11.6 Å². The quantitative estimate of drug-likeness (QED) is 0.631. The maximum absolute atomic E-state index is 12.8. The van der Waals surface area contributed by atoms with Gasteiger partial charge in [-0.05, 0) is 26.0 Å². The lowest BCUT2D eigenvalue weighted by Crippen LogP contribution is -2.50. The molecule has 1 aliphatic heterocycles. The second kappa shape index (κ2) is 7.85. The van der Waals surface area contributed by atoms with Crippen molar-refractivity contribution in [1.82, 2.24) is 4.90 Å². The minimum atomic E-state index is -1.71. The Bertz CT molecular complexity index is 644. The van der Waals surface area contributed by atoms with Crippen LogP contribution in [-0.4, -0.2) is 51.4 Å². The first-order valence-electron chi connectivity index (χ1n) is 7.94. The molecule has 0 spiro atoms. The predicted molar refractivity (Wildman–Crippen MR) is 94.3 cm³/mol.